The number of hydrogen-bond donors (Lipinski definition) is 0. The summed E-state index contributed by atoms with van der Waals surface area (Å²) in [4.78, 5) is 41.1. The van der Waals surface area contributed by atoms with Crippen LogP contribution in [0, 0.1) is 27.4 Å². The molecule has 0 bridgehead atoms. The molecule has 1 aliphatic carbocycles. The second kappa shape index (κ2) is 10.1. The highest BCUT2D eigenvalue weighted by molar-refractivity contribution is 5.88. The fraction of sp³-hybridized carbons (Fsp3) is 0.680. The van der Waals surface area contributed by atoms with Crippen LogP contribution in [-0.2, 0) is 14.3 Å². The number of para-hydroxylation sites is 1. The van der Waals surface area contributed by atoms with Crippen molar-refractivity contribution < 1.29 is 24.0 Å². The van der Waals surface area contributed by atoms with Gasteiger partial charge in [0.1, 0.15) is 17.8 Å². The van der Waals surface area contributed by atoms with Gasteiger partial charge in [-0.15, -0.1) is 0 Å². The lowest BCUT2D eigenvalue weighted by molar-refractivity contribution is -0.536. The smallest absolute Gasteiger partial charge is 0.329 e. The van der Waals surface area contributed by atoms with E-state index in [0.29, 0.717) is 11.3 Å². The van der Waals surface area contributed by atoms with Crippen LogP contribution in [0.1, 0.15) is 71.4 Å². The number of nitro groups is 1. The van der Waals surface area contributed by atoms with Gasteiger partial charge in [0.05, 0.1) is 19.6 Å². The molecular weight excluding hydrogens is 424 g/mol. The van der Waals surface area contributed by atoms with Gasteiger partial charge in [0.25, 0.3) is 0 Å². The maximum atomic E-state index is 14.0. The number of hydrogen-bond acceptors (Lipinski definition) is 6. The summed E-state index contributed by atoms with van der Waals surface area (Å²) in [6, 6.07) is 3.92. The third-order valence-electron chi connectivity index (χ3n) is 7.07. The van der Waals surface area contributed by atoms with Gasteiger partial charge in [-0.3, -0.25) is 14.9 Å². The van der Waals surface area contributed by atoms with Gasteiger partial charge in [-0.2, -0.15) is 0 Å². The number of rotatable bonds is 6. The largest absolute Gasteiger partial charge is 0.496 e. The average molecular weight is 461 g/mol. The summed E-state index contributed by atoms with van der Waals surface area (Å²) in [6.45, 7) is 7.49. The number of amides is 1. The van der Waals surface area contributed by atoms with Gasteiger partial charge >= 0.3 is 5.97 Å². The summed E-state index contributed by atoms with van der Waals surface area (Å²) in [7, 11) is 1.51. The standard InChI is InChI=1S/C25H36N2O6/c1-6-33-24(29)22-19(25(2,3)4)21(27(30)31)20(17-14-10-11-15-18(17)32-5)26(22)23(28)16-12-8-7-9-13-16/h10-11,14-16,19-22H,6-9,12-13H2,1-5H3/t19-,20-,21-,22-/m1/s1. The number of ether oxygens (including phenoxy) is 2. The summed E-state index contributed by atoms with van der Waals surface area (Å²) < 4.78 is 10.9. The second-order valence-corrected chi connectivity index (χ2v) is 10.1. The maximum absolute atomic E-state index is 14.0. The summed E-state index contributed by atoms with van der Waals surface area (Å²) in [5.74, 6) is -1.28. The quantitative estimate of drug-likeness (QED) is 0.354. The fourth-order valence-electron chi connectivity index (χ4n) is 5.69. The molecule has 2 fully saturated rings. The van der Waals surface area contributed by atoms with Gasteiger partial charge in [-0.1, -0.05) is 58.2 Å². The molecule has 1 aliphatic heterocycles. The van der Waals surface area contributed by atoms with Crippen molar-refractivity contribution in [2.45, 2.75) is 77.9 Å². The zero-order chi connectivity index (χ0) is 24.3. The molecular formula is C25H36N2O6. The van der Waals surface area contributed by atoms with Crippen molar-refractivity contribution in [3.8, 4) is 5.75 Å². The highest BCUT2D eigenvalue weighted by Gasteiger charge is 2.64. The molecule has 8 heteroatoms. The van der Waals surface area contributed by atoms with Gasteiger partial charge in [-0.05, 0) is 31.2 Å². The molecule has 8 nitrogen and oxygen atoms in total. The van der Waals surface area contributed by atoms with Gasteiger partial charge < -0.3 is 14.4 Å². The highest BCUT2D eigenvalue weighted by Crippen LogP contribution is 2.51. The van der Waals surface area contributed by atoms with Crippen molar-refractivity contribution in [2.75, 3.05) is 13.7 Å². The number of nitrogens with zero attached hydrogens (tertiary/aromatic N) is 2. The Labute approximate surface area is 195 Å². The number of carbonyl (C=O) groups excluding carboxylic acids is 2. The van der Waals surface area contributed by atoms with Crippen LogP contribution < -0.4 is 4.74 Å². The lowest BCUT2D eigenvalue weighted by Crippen LogP contribution is -2.49. The Kier molecular flexibility index (Phi) is 7.65. The van der Waals surface area contributed by atoms with Gasteiger partial charge in [0.2, 0.25) is 11.9 Å². The SMILES string of the molecule is CCOC(=O)[C@H]1[C@H](C(C)(C)C)[C@@H]([N+](=O)[O-])[C@@H](c2ccccc2OC)N1C(=O)C1CCCCC1. The minimum absolute atomic E-state index is 0.139. The lowest BCUT2D eigenvalue weighted by Gasteiger charge is -2.35. The minimum Gasteiger partial charge on any atom is -0.496 e. The van der Waals surface area contributed by atoms with E-state index in [1.54, 1.807) is 31.2 Å². The Balaban J connectivity index is 2.25. The molecule has 0 unspecified atom stereocenters. The molecule has 4 atom stereocenters. The molecule has 0 spiro atoms. The first-order valence-corrected chi connectivity index (χ1v) is 11.9. The zero-order valence-electron chi connectivity index (χ0n) is 20.3. The maximum Gasteiger partial charge on any atom is 0.329 e. The molecule has 1 amide bonds. The molecule has 182 valence electrons. The number of methoxy groups -OCH3 is 1. The number of benzene rings is 1. The monoisotopic (exact) mass is 460 g/mol. The Bertz CT molecular complexity index is 874. The molecule has 3 rings (SSSR count). The van der Waals surface area contributed by atoms with E-state index in [9.17, 15) is 19.7 Å². The zero-order valence-corrected chi connectivity index (χ0v) is 20.3. The molecule has 1 aromatic rings. The van der Waals surface area contributed by atoms with Crippen molar-refractivity contribution in [3.63, 3.8) is 0 Å². The van der Waals surface area contributed by atoms with Crippen LogP contribution in [0.2, 0.25) is 0 Å². The predicted octanol–water partition coefficient (Wildman–Crippen LogP) is 4.40. The Morgan fingerprint density at radius 1 is 1.15 bits per heavy atom. The summed E-state index contributed by atoms with van der Waals surface area (Å²) in [6.07, 6.45) is 4.41. The van der Waals surface area contributed by atoms with E-state index in [4.69, 9.17) is 9.47 Å². The van der Waals surface area contributed by atoms with E-state index in [1.807, 2.05) is 20.8 Å². The van der Waals surface area contributed by atoms with Gasteiger partial charge in [0.15, 0.2) is 0 Å². The fourth-order valence-corrected chi connectivity index (χ4v) is 5.69. The van der Waals surface area contributed by atoms with E-state index >= 15 is 0 Å². The summed E-state index contributed by atoms with van der Waals surface area (Å²) in [5, 5.41) is 12.6. The molecule has 0 aromatic heterocycles. The normalized spacial score (nSPS) is 26.2. The summed E-state index contributed by atoms with van der Waals surface area (Å²) in [5.41, 5.74) is -0.0799. The molecule has 33 heavy (non-hydrogen) atoms. The number of esters is 1. The Morgan fingerprint density at radius 3 is 2.33 bits per heavy atom. The van der Waals surface area contributed by atoms with Crippen molar-refractivity contribution >= 4 is 11.9 Å². The van der Waals surface area contributed by atoms with Crippen LogP contribution in [0.3, 0.4) is 0 Å². The molecule has 1 saturated carbocycles. The Morgan fingerprint density at radius 2 is 1.79 bits per heavy atom. The summed E-state index contributed by atoms with van der Waals surface area (Å²) >= 11 is 0. The average Bonchev–Trinajstić information content (AvgIpc) is 3.16. The van der Waals surface area contributed by atoms with E-state index in [0.717, 1.165) is 32.1 Å². The lowest BCUT2D eigenvalue weighted by atomic mass is 9.72. The number of likely N-dealkylation sites (tertiary alicyclic amines) is 1. The van der Waals surface area contributed by atoms with Crippen molar-refractivity contribution in [1.29, 1.82) is 0 Å². The van der Waals surface area contributed by atoms with Crippen LogP contribution in [0.25, 0.3) is 0 Å². The highest BCUT2D eigenvalue weighted by atomic mass is 16.6. The Hall–Kier alpha value is -2.64. The first-order valence-electron chi connectivity index (χ1n) is 11.9. The van der Waals surface area contributed by atoms with Crippen molar-refractivity contribution in [2.24, 2.45) is 17.3 Å². The van der Waals surface area contributed by atoms with Crippen LogP contribution in [0.15, 0.2) is 24.3 Å². The third-order valence-corrected chi connectivity index (χ3v) is 7.07. The first kappa shape index (κ1) is 25.0. The van der Waals surface area contributed by atoms with Crippen molar-refractivity contribution in [1.82, 2.24) is 4.90 Å². The second-order valence-electron chi connectivity index (χ2n) is 10.1. The number of carbonyl (C=O) groups is 2. The molecule has 1 aromatic carbocycles. The molecule has 2 aliphatic rings. The molecule has 1 saturated heterocycles. The molecule has 0 N–H and O–H groups in total. The van der Waals surface area contributed by atoms with E-state index in [1.165, 1.54) is 12.0 Å². The predicted molar refractivity (Wildman–Crippen MR) is 123 cm³/mol. The van der Waals surface area contributed by atoms with Crippen LogP contribution in [0.4, 0.5) is 0 Å². The third kappa shape index (κ3) is 4.84. The van der Waals surface area contributed by atoms with E-state index in [2.05, 4.69) is 0 Å². The molecule has 0 radical (unpaired) electrons. The van der Waals surface area contributed by atoms with Crippen LogP contribution in [0.5, 0.6) is 5.75 Å². The van der Waals surface area contributed by atoms with Crippen LogP contribution in [-0.4, -0.2) is 47.5 Å². The van der Waals surface area contributed by atoms with E-state index < -0.39 is 35.4 Å². The van der Waals surface area contributed by atoms with Gasteiger partial charge in [-0.25, -0.2) is 4.79 Å². The van der Waals surface area contributed by atoms with E-state index in [-0.39, 0.29) is 23.4 Å². The van der Waals surface area contributed by atoms with Crippen LogP contribution >= 0.6 is 0 Å². The topological polar surface area (TPSA) is 99.0 Å². The molecule has 1 heterocycles. The first-order chi connectivity index (χ1) is 15.6. The minimum atomic E-state index is -1.18. The van der Waals surface area contributed by atoms with Crippen molar-refractivity contribution in [3.05, 3.63) is 39.9 Å². The van der Waals surface area contributed by atoms with Gasteiger partial charge in [0, 0.05) is 16.4 Å².